The van der Waals surface area contributed by atoms with Gasteiger partial charge in [0.15, 0.2) is 0 Å². The van der Waals surface area contributed by atoms with Crippen molar-refractivity contribution in [2.24, 2.45) is 5.92 Å². The number of hydrogen-bond acceptors (Lipinski definition) is 1. The Morgan fingerprint density at radius 3 is 2.72 bits per heavy atom. The Morgan fingerprint density at radius 2 is 2.11 bits per heavy atom. The van der Waals surface area contributed by atoms with Crippen LogP contribution in [0.5, 0.6) is 0 Å². The SMILES string of the molecule is ClCC(CCC1CCCO1)Cc1ccc(Br)cc1. The Labute approximate surface area is 123 Å². The molecule has 0 aromatic heterocycles. The Bertz CT molecular complexity index is 346. The third-order valence-corrected chi connectivity index (χ3v) is 4.54. The summed E-state index contributed by atoms with van der Waals surface area (Å²) in [7, 11) is 0. The molecule has 18 heavy (non-hydrogen) atoms. The van der Waals surface area contributed by atoms with Crippen LogP contribution in [0.1, 0.15) is 31.2 Å². The monoisotopic (exact) mass is 330 g/mol. The lowest BCUT2D eigenvalue weighted by molar-refractivity contribution is 0.0988. The molecule has 1 aliphatic heterocycles. The van der Waals surface area contributed by atoms with E-state index in [1.807, 2.05) is 0 Å². The third kappa shape index (κ3) is 4.56. The largest absolute Gasteiger partial charge is 0.378 e. The van der Waals surface area contributed by atoms with Crippen molar-refractivity contribution in [1.29, 1.82) is 0 Å². The summed E-state index contributed by atoms with van der Waals surface area (Å²) in [5, 5.41) is 0. The zero-order chi connectivity index (χ0) is 12.8. The van der Waals surface area contributed by atoms with E-state index in [0.29, 0.717) is 12.0 Å². The molecule has 0 saturated carbocycles. The Balaban J connectivity index is 1.79. The van der Waals surface area contributed by atoms with Crippen molar-refractivity contribution in [3.8, 4) is 0 Å². The van der Waals surface area contributed by atoms with Crippen LogP contribution in [-0.4, -0.2) is 18.6 Å². The summed E-state index contributed by atoms with van der Waals surface area (Å²) in [6.07, 6.45) is 6.35. The van der Waals surface area contributed by atoms with Crippen LogP contribution in [0.3, 0.4) is 0 Å². The molecule has 0 amide bonds. The van der Waals surface area contributed by atoms with Crippen molar-refractivity contribution in [1.82, 2.24) is 0 Å². The number of alkyl halides is 1. The molecule has 2 atom stereocenters. The van der Waals surface area contributed by atoms with Gasteiger partial charge in [-0.1, -0.05) is 28.1 Å². The highest BCUT2D eigenvalue weighted by Crippen LogP contribution is 2.23. The van der Waals surface area contributed by atoms with Crippen molar-refractivity contribution in [3.63, 3.8) is 0 Å². The van der Waals surface area contributed by atoms with Crippen LogP contribution in [0.2, 0.25) is 0 Å². The number of benzene rings is 1. The molecule has 1 aromatic rings. The molecule has 0 spiro atoms. The Hall–Kier alpha value is -0.0500. The first kappa shape index (κ1) is 14.4. The van der Waals surface area contributed by atoms with E-state index in [1.54, 1.807) is 0 Å². The van der Waals surface area contributed by atoms with Gasteiger partial charge in [0.1, 0.15) is 0 Å². The number of ether oxygens (including phenoxy) is 1. The molecule has 0 bridgehead atoms. The molecule has 2 rings (SSSR count). The molecule has 0 N–H and O–H groups in total. The molecular formula is C15H20BrClO. The second-order valence-corrected chi connectivity index (χ2v) is 6.29. The predicted molar refractivity (Wildman–Crippen MR) is 80.3 cm³/mol. The summed E-state index contributed by atoms with van der Waals surface area (Å²) >= 11 is 9.55. The van der Waals surface area contributed by atoms with Crippen LogP contribution < -0.4 is 0 Å². The van der Waals surface area contributed by atoms with Gasteiger partial charge in [0.25, 0.3) is 0 Å². The first-order chi connectivity index (χ1) is 8.78. The van der Waals surface area contributed by atoms with Crippen LogP contribution in [0.25, 0.3) is 0 Å². The second kappa shape index (κ2) is 7.52. The highest BCUT2D eigenvalue weighted by molar-refractivity contribution is 9.10. The lowest BCUT2D eigenvalue weighted by Gasteiger charge is -2.16. The Kier molecular flexibility index (Phi) is 6.00. The zero-order valence-corrected chi connectivity index (χ0v) is 12.9. The molecule has 3 heteroatoms. The summed E-state index contributed by atoms with van der Waals surface area (Å²) < 4.78 is 6.80. The maximum Gasteiger partial charge on any atom is 0.0576 e. The van der Waals surface area contributed by atoms with E-state index in [0.717, 1.165) is 29.8 Å². The standard InChI is InChI=1S/C15H20BrClO/c16-14-6-3-12(4-7-14)10-13(11-17)5-8-15-2-1-9-18-15/h3-4,6-7,13,15H,1-2,5,8-11H2. The average molecular weight is 332 g/mol. The fourth-order valence-corrected chi connectivity index (χ4v) is 3.01. The van der Waals surface area contributed by atoms with Crippen molar-refractivity contribution in [2.45, 2.75) is 38.2 Å². The molecule has 1 nitrogen and oxygen atoms in total. The summed E-state index contributed by atoms with van der Waals surface area (Å²) in [6.45, 7) is 0.947. The smallest absolute Gasteiger partial charge is 0.0576 e. The molecule has 1 saturated heterocycles. The van der Waals surface area contributed by atoms with Crippen LogP contribution in [0, 0.1) is 5.92 Å². The summed E-state index contributed by atoms with van der Waals surface area (Å²) in [4.78, 5) is 0. The summed E-state index contributed by atoms with van der Waals surface area (Å²) in [6, 6.07) is 8.55. The Morgan fingerprint density at radius 1 is 1.33 bits per heavy atom. The van der Waals surface area contributed by atoms with E-state index >= 15 is 0 Å². The second-order valence-electron chi connectivity index (χ2n) is 5.06. The fraction of sp³-hybridized carbons (Fsp3) is 0.600. The van der Waals surface area contributed by atoms with Gasteiger partial charge in [-0.2, -0.15) is 0 Å². The molecular weight excluding hydrogens is 312 g/mol. The molecule has 1 aliphatic rings. The molecule has 0 aliphatic carbocycles. The first-order valence-corrected chi connectivity index (χ1v) is 8.02. The highest BCUT2D eigenvalue weighted by Gasteiger charge is 2.17. The molecule has 2 unspecified atom stereocenters. The minimum absolute atomic E-state index is 0.487. The zero-order valence-electron chi connectivity index (χ0n) is 10.6. The third-order valence-electron chi connectivity index (χ3n) is 3.58. The van der Waals surface area contributed by atoms with Gasteiger partial charge < -0.3 is 4.74 Å². The average Bonchev–Trinajstić information content (AvgIpc) is 2.90. The maximum absolute atomic E-state index is 6.08. The predicted octanol–water partition coefficient (Wildman–Crippen LogP) is 4.81. The van der Waals surface area contributed by atoms with E-state index in [-0.39, 0.29) is 0 Å². The van der Waals surface area contributed by atoms with Crippen molar-refractivity contribution < 1.29 is 4.74 Å². The number of hydrogen-bond donors (Lipinski definition) is 0. The van der Waals surface area contributed by atoms with Gasteiger partial charge in [-0.15, -0.1) is 11.6 Å². The van der Waals surface area contributed by atoms with Gasteiger partial charge in [0.05, 0.1) is 6.10 Å². The molecule has 0 radical (unpaired) electrons. The van der Waals surface area contributed by atoms with Crippen LogP contribution in [-0.2, 0) is 11.2 Å². The van der Waals surface area contributed by atoms with Crippen LogP contribution in [0.15, 0.2) is 28.7 Å². The van der Waals surface area contributed by atoms with E-state index in [1.165, 1.54) is 24.8 Å². The van der Waals surface area contributed by atoms with Crippen molar-refractivity contribution in [3.05, 3.63) is 34.3 Å². The van der Waals surface area contributed by atoms with Gasteiger partial charge in [-0.05, 0) is 55.7 Å². The quantitative estimate of drug-likeness (QED) is 0.680. The summed E-state index contributed by atoms with van der Waals surface area (Å²) in [5.41, 5.74) is 1.37. The minimum Gasteiger partial charge on any atom is -0.378 e. The number of rotatable bonds is 6. The maximum atomic E-state index is 6.08. The van der Waals surface area contributed by atoms with Crippen LogP contribution in [0.4, 0.5) is 0 Å². The normalized spacial score (nSPS) is 21.1. The van der Waals surface area contributed by atoms with Gasteiger partial charge in [0, 0.05) is 17.0 Å². The fourth-order valence-electron chi connectivity index (χ4n) is 2.48. The van der Waals surface area contributed by atoms with E-state index in [9.17, 15) is 0 Å². The topological polar surface area (TPSA) is 9.23 Å². The number of halogens is 2. The van der Waals surface area contributed by atoms with Gasteiger partial charge in [-0.3, -0.25) is 0 Å². The highest BCUT2D eigenvalue weighted by atomic mass is 79.9. The molecule has 1 fully saturated rings. The van der Waals surface area contributed by atoms with Crippen LogP contribution >= 0.6 is 27.5 Å². The molecule has 1 aromatic carbocycles. The molecule has 1 heterocycles. The van der Waals surface area contributed by atoms with E-state index in [4.69, 9.17) is 16.3 Å². The first-order valence-electron chi connectivity index (χ1n) is 6.70. The van der Waals surface area contributed by atoms with Crippen molar-refractivity contribution in [2.75, 3.05) is 12.5 Å². The van der Waals surface area contributed by atoms with Gasteiger partial charge >= 0.3 is 0 Å². The van der Waals surface area contributed by atoms with Gasteiger partial charge in [0.2, 0.25) is 0 Å². The van der Waals surface area contributed by atoms with Crippen molar-refractivity contribution >= 4 is 27.5 Å². The lowest BCUT2D eigenvalue weighted by atomic mass is 9.94. The van der Waals surface area contributed by atoms with Gasteiger partial charge in [-0.25, -0.2) is 0 Å². The summed E-state index contributed by atoms with van der Waals surface area (Å²) in [5.74, 6) is 1.31. The van der Waals surface area contributed by atoms with E-state index < -0.39 is 0 Å². The van der Waals surface area contributed by atoms with E-state index in [2.05, 4.69) is 40.2 Å². The molecule has 100 valence electrons. The minimum atomic E-state index is 0.487. The lowest BCUT2D eigenvalue weighted by Crippen LogP contribution is -2.12.